The third-order valence-electron chi connectivity index (χ3n) is 2.31. The minimum Gasteiger partial charge on any atom is -0.394 e. The van der Waals surface area contributed by atoms with Crippen molar-refractivity contribution in [2.24, 2.45) is 0 Å². The monoisotopic (exact) mass is 314 g/mol. The van der Waals surface area contributed by atoms with Crippen LogP contribution in [0, 0.1) is 5.82 Å². The molecule has 0 radical (unpaired) electrons. The first-order chi connectivity index (χ1) is 8.69. The maximum absolute atomic E-state index is 13.3. The first kappa shape index (κ1) is 13.0. The molecular formula is C11H12BrFN4O. The lowest BCUT2D eigenvalue weighted by Crippen LogP contribution is -2.02. The van der Waals surface area contributed by atoms with Gasteiger partial charge in [-0.15, -0.1) is 5.10 Å². The van der Waals surface area contributed by atoms with Crippen molar-refractivity contribution in [3.8, 4) is 0 Å². The van der Waals surface area contributed by atoms with Crippen LogP contribution in [0.2, 0.25) is 0 Å². The van der Waals surface area contributed by atoms with Gasteiger partial charge in [-0.3, -0.25) is 0 Å². The van der Waals surface area contributed by atoms with E-state index >= 15 is 0 Å². The summed E-state index contributed by atoms with van der Waals surface area (Å²) in [5, 5.41) is 19.5. The number of halogens is 2. The number of nitrogens with one attached hydrogen (secondary N) is 1. The van der Waals surface area contributed by atoms with E-state index in [0.29, 0.717) is 23.2 Å². The first-order valence-corrected chi connectivity index (χ1v) is 6.17. The van der Waals surface area contributed by atoms with Gasteiger partial charge in [0.05, 0.1) is 30.4 Å². The van der Waals surface area contributed by atoms with E-state index in [0.717, 1.165) is 5.69 Å². The Hall–Kier alpha value is -1.47. The molecule has 0 aliphatic rings. The average molecular weight is 315 g/mol. The Kier molecular flexibility index (Phi) is 4.27. The van der Waals surface area contributed by atoms with Crippen molar-refractivity contribution in [3.05, 3.63) is 40.4 Å². The molecular weight excluding hydrogens is 303 g/mol. The van der Waals surface area contributed by atoms with Gasteiger partial charge in [0.1, 0.15) is 11.5 Å². The van der Waals surface area contributed by atoms with Gasteiger partial charge in [0.15, 0.2) is 0 Å². The fourth-order valence-corrected chi connectivity index (χ4v) is 1.68. The molecule has 0 saturated heterocycles. The number of aromatic nitrogens is 3. The van der Waals surface area contributed by atoms with Crippen molar-refractivity contribution in [2.45, 2.75) is 13.1 Å². The summed E-state index contributed by atoms with van der Waals surface area (Å²) in [5.41, 5.74) is 1.40. The molecule has 0 aliphatic heterocycles. The van der Waals surface area contributed by atoms with Gasteiger partial charge in [-0.05, 0) is 34.1 Å². The van der Waals surface area contributed by atoms with Gasteiger partial charge >= 0.3 is 0 Å². The third kappa shape index (κ3) is 3.27. The summed E-state index contributed by atoms with van der Waals surface area (Å²) in [5.74, 6) is -0.316. The zero-order valence-corrected chi connectivity index (χ0v) is 11.1. The molecule has 0 saturated carbocycles. The van der Waals surface area contributed by atoms with E-state index in [-0.39, 0.29) is 12.4 Å². The average Bonchev–Trinajstić information content (AvgIpc) is 2.79. The molecule has 1 heterocycles. The molecule has 1 aromatic heterocycles. The van der Waals surface area contributed by atoms with Crippen molar-refractivity contribution >= 4 is 21.6 Å². The fourth-order valence-electron chi connectivity index (χ4n) is 1.43. The second kappa shape index (κ2) is 5.92. The fraction of sp³-hybridized carbons (Fsp3) is 0.273. The van der Waals surface area contributed by atoms with Crippen molar-refractivity contribution < 1.29 is 9.50 Å². The van der Waals surface area contributed by atoms with Crippen LogP contribution in [0.1, 0.15) is 5.69 Å². The quantitative estimate of drug-likeness (QED) is 0.883. The summed E-state index contributed by atoms with van der Waals surface area (Å²) in [6.07, 6.45) is 1.73. The molecule has 7 heteroatoms. The Balaban J connectivity index is 1.95. The number of benzene rings is 1. The van der Waals surface area contributed by atoms with E-state index in [9.17, 15) is 4.39 Å². The van der Waals surface area contributed by atoms with Gasteiger partial charge in [-0.2, -0.15) is 0 Å². The number of nitrogens with zero attached hydrogens (tertiary/aromatic N) is 3. The summed E-state index contributed by atoms with van der Waals surface area (Å²) < 4.78 is 15.2. The smallest absolute Gasteiger partial charge is 0.139 e. The highest BCUT2D eigenvalue weighted by Gasteiger charge is 2.03. The Morgan fingerprint density at radius 2 is 2.28 bits per heavy atom. The van der Waals surface area contributed by atoms with Crippen molar-refractivity contribution in [2.75, 3.05) is 11.9 Å². The topological polar surface area (TPSA) is 63.0 Å². The molecule has 0 bridgehead atoms. The van der Waals surface area contributed by atoms with E-state index in [1.54, 1.807) is 23.0 Å². The van der Waals surface area contributed by atoms with E-state index in [1.165, 1.54) is 6.07 Å². The number of hydrogen-bond acceptors (Lipinski definition) is 4. The summed E-state index contributed by atoms with van der Waals surface area (Å²) in [6, 6.07) is 4.81. The van der Waals surface area contributed by atoms with Crippen LogP contribution in [0.4, 0.5) is 10.1 Å². The van der Waals surface area contributed by atoms with Crippen LogP contribution >= 0.6 is 15.9 Å². The van der Waals surface area contributed by atoms with Crippen molar-refractivity contribution in [1.82, 2.24) is 15.0 Å². The van der Waals surface area contributed by atoms with Gasteiger partial charge in [0.2, 0.25) is 0 Å². The maximum Gasteiger partial charge on any atom is 0.139 e. The molecule has 0 atom stereocenters. The zero-order valence-electron chi connectivity index (χ0n) is 9.48. The minimum absolute atomic E-state index is 0.0220. The number of rotatable bonds is 5. The molecule has 0 fully saturated rings. The second-order valence-electron chi connectivity index (χ2n) is 3.68. The van der Waals surface area contributed by atoms with Gasteiger partial charge in [0, 0.05) is 5.69 Å². The summed E-state index contributed by atoms with van der Waals surface area (Å²) >= 11 is 3.09. The van der Waals surface area contributed by atoms with E-state index < -0.39 is 0 Å². The van der Waals surface area contributed by atoms with Crippen LogP contribution in [0.3, 0.4) is 0 Å². The molecule has 0 spiro atoms. The van der Waals surface area contributed by atoms with E-state index in [2.05, 4.69) is 31.6 Å². The molecule has 18 heavy (non-hydrogen) atoms. The van der Waals surface area contributed by atoms with Gasteiger partial charge < -0.3 is 10.4 Å². The third-order valence-corrected chi connectivity index (χ3v) is 2.95. The van der Waals surface area contributed by atoms with E-state index in [4.69, 9.17) is 5.11 Å². The summed E-state index contributed by atoms with van der Waals surface area (Å²) in [4.78, 5) is 0. The van der Waals surface area contributed by atoms with Crippen molar-refractivity contribution in [3.63, 3.8) is 0 Å². The summed E-state index contributed by atoms with van der Waals surface area (Å²) in [7, 11) is 0. The molecule has 0 aliphatic carbocycles. The highest BCUT2D eigenvalue weighted by atomic mass is 79.9. The number of aliphatic hydroxyl groups excluding tert-OH is 1. The number of hydrogen-bond donors (Lipinski definition) is 2. The Labute approximate surface area is 112 Å². The standard InChI is InChI=1S/C11H12BrFN4O/c12-10-2-1-8(5-11(10)13)14-6-9-7-17(3-4-18)16-15-9/h1-2,5,7,14,18H,3-4,6H2. The lowest BCUT2D eigenvalue weighted by Gasteiger charge is -2.04. The number of anilines is 1. The Morgan fingerprint density at radius 3 is 3.00 bits per heavy atom. The highest BCUT2D eigenvalue weighted by Crippen LogP contribution is 2.19. The van der Waals surface area contributed by atoms with Crippen LogP contribution in [0.25, 0.3) is 0 Å². The van der Waals surface area contributed by atoms with Crippen LogP contribution in [0.15, 0.2) is 28.9 Å². The molecule has 2 N–H and O–H groups in total. The molecule has 2 rings (SSSR count). The molecule has 96 valence electrons. The van der Waals surface area contributed by atoms with Crippen LogP contribution in [-0.4, -0.2) is 26.7 Å². The van der Waals surface area contributed by atoms with Crippen LogP contribution in [-0.2, 0) is 13.1 Å². The molecule has 0 unspecified atom stereocenters. The van der Waals surface area contributed by atoms with E-state index in [1.807, 2.05) is 0 Å². The normalized spacial score (nSPS) is 10.6. The minimum atomic E-state index is -0.316. The molecule has 2 aromatic rings. The Morgan fingerprint density at radius 1 is 1.44 bits per heavy atom. The first-order valence-electron chi connectivity index (χ1n) is 5.38. The lowest BCUT2D eigenvalue weighted by atomic mass is 10.3. The molecule has 1 aromatic carbocycles. The van der Waals surface area contributed by atoms with Crippen LogP contribution < -0.4 is 5.32 Å². The maximum atomic E-state index is 13.3. The predicted octanol–water partition coefficient (Wildman–Crippen LogP) is 1.78. The largest absolute Gasteiger partial charge is 0.394 e. The predicted molar refractivity (Wildman–Crippen MR) is 68.5 cm³/mol. The number of aliphatic hydroxyl groups is 1. The molecule has 5 nitrogen and oxygen atoms in total. The van der Waals surface area contributed by atoms with Gasteiger partial charge in [-0.25, -0.2) is 9.07 Å². The zero-order chi connectivity index (χ0) is 13.0. The van der Waals surface area contributed by atoms with Crippen LogP contribution in [0.5, 0.6) is 0 Å². The lowest BCUT2D eigenvalue weighted by molar-refractivity contribution is 0.268. The van der Waals surface area contributed by atoms with Gasteiger partial charge in [-0.1, -0.05) is 5.21 Å². The van der Waals surface area contributed by atoms with Gasteiger partial charge in [0.25, 0.3) is 0 Å². The SMILES string of the molecule is OCCn1cc(CNc2ccc(Br)c(F)c2)nn1. The highest BCUT2D eigenvalue weighted by molar-refractivity contribution is 9.10. The molecule has 0 amide bonds. The van der Waals surface area contributed by atoms with Crippen molar-refractivity contribution in [1.29, 1.82) is 0 Å². The Bertz CT molecular complexity index is 532. The second-order valence-corrected chi connectivity index (χ2v) is 4.53. The summed E-state index contributed by atoms with van der Waals surface area (Å²) in [6.45, 7) is 0.889.